The van der Waals surface area contributed by atoms with Crippen molar-refractivity contribution in [3.63, 3.8) is 0 Å². The van der Waals surface area contributed by atoms with Crippen molar-refractivity contribution in [2.45, 2.75) is 37.0 Å². The molecule has 1 amide bonds. The van der Waals surface area contributed by atoms with Gasteiger partial charge in [-0.3, -0.25) is 4.79 Å². The van der Waals surface area contributed by atoms with Crippen LogP contribution in [0.4, 0.5) is 5.69 Å². The van der Waals surface area contributed by atoms with Gasteiger partial charge in [0.1, 0.15) is 5.82 Å². The van der Waals surface area contributed by atoms with Gasteiger partial charge in [0.25, 0.3) is 0 Å². The molecule has 0 aliphatic carbocycles. The van der Waals surface area contributed by atoms with Crippen LogP contribution in [0.2, 0.25) is 5.02 Å². The minimum atomic E-state index is -3.51. The highest BCUT2D eigenvalue weighted by molar-refractivity contribution is 7.89. The predicted molar refractivity (Wildman–Crippen MR) is 122 cm³/mol. The van der Waals surface area contributed by atoms with E-state index >= 15 is 0 Å². The third-order valence-corrected chi connectivity index (χ3v) is 7.75. The molecule has 9 heteroatoms. The Morgan fingerprint density at radius 2 is 1.81 bits per heavy atom. The summed E-state index contributed by atoms with van der Waals surface area (Å²) in [6, 6.07) is 12.0. The number of imidazole rings is 1. The van der Waals surface area contributed by atoms with Crippen molar-refractivity contribution < 1.29 is 13.2 Å². The lowest BCUT2D eigenvalue weighted by Gasteiger charge is -2.25. The third kappa shape index (κ3) is 4.76. The zero-order valence-electron chi connectivity index (χ0n) is 17.3. The number of hydrogen-bond donors (Lipinski definition) is 1. The van der Waals surface area contributed by atoms with E-state index in [1.165, 1.54) is 0 Å². The van der Waals surface area contributed by atoms with E-state index in [1.807, 2.05) is 11.6 Å². The fourth-order valence-electron chi connectivity index (χ4n) is 3.85. The number of nitrogens with zero attached hydrogens (tertiary/aromatic N) is 3. The lowest BCUT2D eigenvalue weighted by molar-refractivity contribution is -0.116. The molecule has 1 aliphatic rings. The summed E-state index contributed by atoms with van der Waals surface area (Å²) in [7, 11) is -1.63. The molecule has 31 heavy (non-hydrogen) atoms. The Balaban J connectivity index is 1.48. The van der Waals surface area contributed by atoms with Gasteiger partial charge >= 0.3 is 0 Å². The Morgan fingerprint density at radius 1 is 1.10 bits per heavy atom. The van der Waals surface area contributed by atoms with E-state index in [4.69, 9.17) is 11.6 Å². The summed E-state index contributed by atoms with van der Waals surface area (Å²) in [4.78, 5) is 17.2. The van der Waals surface area contributed by atoms with Crippen LogP contribution in [0.1, 0.15) is 31.5 Å². The first-order valence-electron chi connectivity index (χ1n) is 10.4. The minimum Gasteiger partial charge on any atom is -0.331 e. The molecule has 0 bridgehead atoms. The Morgan fingerprint density at radius 3 is 2.52 bits per heavy atom. The van der Waals surface area contributed by atoms with Crippen LogP contribution in [0, 0.1) is 0 Å². The number of aryl methyl sites for hydroxylation is 2. The molecule has 3 aromatic rings. The number of anilines is 1. The lowest BCUT2D eigenvalue weighted by Crippen LogP contribution is -2.35. The first-order valence-corrected chi connectivity index (χ1v) is 12.2. The van der Waals surface area contributed by atoms with Crippen molar-refractivity contribution in [1.82, 2.24) is 13.9 Å². The van der Waals surface area contributed by atoms with Crippen molar-refractivity contribution in [1.29, 1.82) is 0 Å². The summed E-state index contributed by atoms with van der Waals surface area (Å²) in [5, 5.41) is 3.45. The molecule has 0 saturated carbocycles. The molecule has 164 valence electrons. The molecule has 0 spiro atoms. The van der Waals surface area contributed by atoms with Crippen LogP contribution < -0.4 is 5.32 Å². The average molecular weight is 461 g/mol. The van der Waals surface area contributed by atoms with E-state index < -0.39 is 10.0 Å². The number of halogens is 1. The summed E-state index contributed by atoms with van der Waals surface area (Å²) in [6.45, 7) is 1.13. The van der Waals surface area contributed by atoms with Gasteiger partial charge in [-0.1, -0.05) is 18.0 Å². The van der Waals surface area contributed by atoms with E-state index in [0.717, 1.165) is 30.6 Å². The van der Waals surface area contributed by atoms with Gasteiger partial charge in [-0.05, 0) is 55.3 Å². The van der Waals surface area contributed by atoms with Crippen LogP contribution in [-0.2, 0) is 28.3 Å². The number of fused-ring (bicyclic) bond motifs is 1. The van der Waals surface area contributed by atoms with E-state index in [0.29, 0.717) is 35.7 Å². The van der Waals surface area contributed by atoms with Crippen LogP contribution >= 0.6 is 11.6 Å². The Labute approximate surface area is 187 Å². The van der Waals surface area contributed by atoms with Gasteiger partial charge in [0.2, 0.25) is 15.9 Å². The molecule has 1 fully saturated rings. The second-order valence-corrected chi connectivity index (χ2v) is 10.1. The Kier molecular flexibility index (Phi) is 6.31. The largest absolute Gasteiger partial charge is 0.331 e. The number of amides is 1. The summed E-state index contributed by atoms with van der Waals surface area (Å²) in [6.07, 6.45) is 3.57. The molecule has 2 aromatic carbocycles. The van der Waals surface area contributed by atoms with Gasteiger partial charge in [0.05, 0.1) is 15.9 Å². The molecule has 0 atom stereocenters. The number of piperidine rings is 1. The minimum absolute atomic E-state index is 0.122. The molecule has 7 nitrogen and oxygen atoms in total. The van der Waals surface area contributed by atoms with Gasteiger partial charge in [-0.15, -0.1) is 0 Å². The number of benzene rings is 2. The second kappa shape index (κ2) is 8.98. The van der Waals surface area contributed by atoms with Crippen molar-refractivity contribution in [3.05, 3.63) is 53.3 Å². The first-order chi connectivity index (χ1) is 14.8. The number of carbonyl (C=O) groups excluding carboxylic acids is 1. The number of sulfonamides is 1. The average Bonchev–Trinajstić information content (AvgIpc) is 3.09. The Hall–Kier alpha value is -2.42. The third-order valence-electron chi connectivity index (χ3n) is 5.60. The van der Waals surface area contributed by atoms with Gasteiger partial charge < -0.3 is 9.88 Å². The molecule has 4 rings (SSSR count). The molecule has 2 heterocycles. The monoisotopic (exact) mass is 460 g/mol. The summed E-state index contributed by atoms with van der Waals surface area (Å²) in [5.74, 6) is 0.608. The van der Waals surface area contributed by atoms with Gasteiger partial charge in [0, 0.05) is 43.7 Å². The maximum atomic E-state index is 13.0. The summed E-state index contributed by atoms with van der Waals surface area (Å²) in [5.41, 5.74) is 2.14. The van der Waals surface area contributed by atoms with Crippen LogP contribution in [0.3, 0.4) is 0 Å². The number of hydrogen-bond acceptors (Lipinski definition) is 4. The molecular formula is C22H25ClN4O3S. The highest BCUT2D eigenvalue weighted by Gasteiger charge is 2.26. The smallest absolute Gasteiger partial charge is 0.243 e. The fraction of sp³-hybridized carbons (Fsp3) is 0.364. The van der Waals surface area contributed by atoms with E-state index in [-0.39, 0.29) is 17.2 Å². The molecule has 1 saturated heterocycles. The molecule has 0 radical (unpaired) electrons. The number of carbonyl (C=O) groups is 1. The fourth-order valence-corrected chi connectivity index (χ4v) is 5.51. The first kappa shape index (κ1) is 21.8. The molecular weight excluding hydrogens is 436 g/mol. The zero-order valence-corrected chi connectivity index (χ0v) is 18.9. The van der Waals surface area contributed by atoms with Crippen molar-refractivity contribution in [2.75, 3.05) is 18.4 Å². The lowest BCUT2D eigenvalue weighted by atomic mass is 10.2. The topological polar surface area (TPSA) is 84.3 Å². The molecule has 1 aliphatic heterocycles. The van der Waals surface area contributed by atoms with Gasteiger partial charge in [-0.2, -0.15) is 4.31 Å². The van der Waals surface area contributed by atoms with Crippen LogP contribution in [-0.4, -0.2) is 41.3 Å². The van der Waals surface area contributed by atoms with Gasteiger partial charge in [-0.25, -0.2) is 13.4 Å². The van der Waals surface area contributed by atoms with E-state index in [9.17, 15) is 13.2 Å². The SMILES string of the molecule is Cn1c(CCC(=O)Nc2ccc(Cl)cc2)nc2cc(S(=O)(=O)N3CCCCC3)ccc21. The van der Waals surface area contributed by atoms with E-state index in [2.05, 4.69) is 10.3 Å². The van der Waals surface area contributed by atoms with Crippen molar-refractivity contribution >= 4 is 44.3 Å². The van der Waals surface area contributed by atoms with Crippen molar-refractivity contribution in [3.8, 4) is 0 Å². The van der Waals surface area contributed by atoms with Crippen LogP contribution in [0.25, 0.3) is 11.0 Å². The highest BCUT2D eigenvalue weighted by Crippen LogP contribution is 2.25. The normalized spacial score (nSPS) is 15.3. The van der Waals surface area contributed by atoms with Gasteiger partial charge in [0.15, 0.2) is 0 Å². The number of rotatable bonds is 6. The molecule has 1 aromatic heterocycles. The quantitative estimate of drug-likeness (QED) is 0.603. The van der Waals surface area contributed by atoms with Crippen LogP contribution in [0.15, 0.2) is 47.4 Å². The number of nitrogens with one attached hydrogen (secondary N) is 1. The van der Waals surface area contributed by atoms with Crippen molar-refractivity contribution in [2.24, 2.45) is 7.05 Å². The summed E-state index contributed by atoms with van der Waals surface area (Å²) >= 11 is 5.86. The Bertz CT molecular complexity index is 1200. The van der Waals surface area contributed by atoms with Crippen LogP contribution in [0.5, 0.6) is 0 Å². The standard InChI is InChI=1S/C22H25ClN4O3S/c1-26-20-10-9-18(31(29,30)27-13-3-2-4-14-27)15-19(20)25-21(26)11-12-22(28)24-17-7-5-16(23)6-8-17/h5-10,15H,2-4,11-14H2,1H3,(H,24,28). The maximum absolute atomic E-state index is 13.0. The molecule has 1 N–H and O–H groups in total. The maximum Gasteiger partial charge on any atom is 0.243 e. The molecule has 0 unspecified atom stereocenters. The second-order valence-electron chi connectivity index (χ2n) is 7.76. The number of aromatic nitrogens is 2. The zero-order chi connectivity index (χ0) is 22.0. The van der Waals surface area contributed by atoms with E-state index in [1.54, 1.807) is 46.8 Å². The highest BCUT2D eigenvalue weighted by atomic mass is 35.5. The summed E-state index contributed by atoms with van der Waals surface area (Å²) < 4.78 is 29.4. The predicted octanol–water partition coefficient (Wildman–Crippen LogP) is 3.97.